The minimum Gasteiger partial charge on any atom is -0.372 e. The highest BCUT2D eigenvalue weighted by Gasteiger charge is 2.18. The summed E-state index contributed by atoms with van der Waals surface area (Å²) in [7, 11) is 0. The van der Waals surface area contributed by atoms with Crippen molar-refractivity contribution in [1.29, 1.82) is 0 Å². The molecule has 0 amide bonds. The lowest BCUT2D eigenvalue weighted by atomic mass is 9.92. The van der Waals surface area contributed by atoms with Crippen LogP contribution in [0, 0.1) is 13.8 Å². The van der Waals surface area contributed by atoms with Crippen molar-refractivity contribution in [2.45, 2.75) is 27.1 Å². The van der Waals surface area contributed by atoms with E-state index in [4.69, 9.17) is 4.74 Å². The molecule has 0 radical (unpaired) electrons. The van der Waals surface area contributed by atoms with E-state index in [2.05, 4.69) is 242 Å². The number of aromatic nitrogens is 1. The standard InChI is InChI=1S/C62H48N2O/c1-4-44-18-20-45(21-19-44)40-65-41-46-22-29-53(30-23-46)64-61-17-11-10-16-58(61)60-38-50(28-37-62(60)64)49-26-33-52(34-27-49)63(51-31-24-48(25-32-51)47-12-6-5-7-13-47)54-35-36-57-56-15-9-8-14-55(56)42(2)43(3)59(57)39-54/h4-39H,1,40-41H2,2-3H3. The zero-order chi connectivity index (χ0) is 43.9. The minimum atomic E-state index is 0.552. The lowest BCUT2D eigenvalue weighted by Gasteiger charge is -2.27. The molecule has 0 atom stereocenters. The summed E-state index contributed by atoms with van der Waals surface area (Å²) < 4.78 is 8.47. The predicted octanol–water partition coefficient (Wildman–Crippen LogP) is 16.9. The van der Waals surface area contributed by atoms with Gasteiger partial charge in [-0.15, -0.1) is 0 Å². The molecule has 0 spiro atoms. The Morgan fingerprint density at radius 1 is 0.415 bits per heavy atom. The van der Waals surface area contributed by atoms with Crippen molar-refractivity contribution in [1.82, 2.24) is 4.57 Å². The number of nitrogens with zero attached hydrogens (tertiary/aromatic N) is 2. The summed E-state index contributed by atoms with van der Waals surface area (Å²) in [4.78, 5) is 2.39. The van der Waals surface area contributed by atoms with Crippen LogP contribution in [0.25, 0.3) is 77.4 Å². The maximum atomic E-state index is 6.09. The lowest BCUT2D eigenvalue weighted by Crippen LogP contribution is -2.10. The van der Waals surface area contributed by atoms with Crippen LogP contribution < -0.4 is 4.90 Å². The molecule has 0 bridgehead atoms. The fourth-order valence-corrected chi connectivity index (χ4v) is 9.56. The number of benzene rings is 10. The Balaban J connectivity index is 0.923. The summed E-state index contributed by atoms with van der Waals surface area (Å²) in [6, 6.07) is 77.0. The summed E-state index contributed by atoms with van der Waals surface area (Å²) in [6.45, 7) is 9.48. The third kappa shape index (κ3) is 7.46. The molecule has 0 saturated heterocycles. The highest BCUT2D eigenvalue weighted by Crippen LogP contribution is 2.41. The first-order valence-corrected chi connectivity index (χ1v) is 22.4. The number of anilines is 3. The Morgan fingerprint density at radius 3 is 1.60 bits per heavy atom. The zero-order valence-corrected chi connectivity index (χ0v) is 36.7. The number of para-hydroxylation sites is 1. The van der Waals surface area contributed by atoms with E-state index >= 15 is 0 Å². The summed E-state index contributed by atoms with van der Waals surface area (Å²) in [5, 5.41) is 7.63. The van der Waals surface area contributed by atoms with Gasteiger partial charge in [-0.2, -0.15) is 0 Å². The first-order chi connectivity index (χ1) is 32.0. The van der Waals surface area contributed by atoms with Crippen LogP contribution in [0.4, 0.5) is 17.1 Å². The molecular weight excluding hydrogens is 789 g/mol. The van der Waals surface area contributed by atoms with Crippen molar-refractivity contribution in [3.05, 3.63) is 247 Å². The predicted molar refractivity (Wildman–Crippen MR) is 276 cm³/mol. The van der Waals surface area contributed by atoms with Crippen LogP contribution in [0.5, 0.6) is 0 Å². The number of rotatable bonds is 11. The van der Waals surface area contributed by atoms with Crippen LogP contribution >= 0.6 is 0 Å². The van der Waals surface area contributed by atoms with Crippen molar-refractivity contribution in [3.8, 4) is 27.9 Å². The third-order valence-corrected chi connectivity index (χ3v) is 13.2. The molecule has 0 fully saturated rings. The van der Waals surface area contributed by atoms with Gasteiger partial charge in [0.1, 0.15) is 0 Å². The van der Waals surface area contributed by atoms with E-state index in [0.717, 1.165) is 39.4 Å². The van der Waals surface area contributed by atoms with E-state index in [9.17, 15) is 0 Å². The SMILES string of the molecule is C=Cc1ccc(COCc2ccc(-n3c4ccccc4c4cc(-c5ccc(N(c6ccc(-c7ccccc7)cc6)c6ccc7c(c6)c(C)c(C)c6ccccc67)cc5)ccc43)cc2)cc1. The van der Waals surface area contributed by atoms with Crippen molar-refractivity contribution in [2.24, 2.45) is 0 Å². The number of hydrogen-bond donors (Lipinski definition) is 0. The summed E-state index contributed by atoms with van der Waals surface area (Å²) in [5.74, 6) is 0. The molecular formula is C62H48N2O. The first kappa shape index (κ1) is 39.8. The highest BCUT2D eigenvalue weighted by atomic mass is 16.5. The van der Waals surface area contributed by atoms with Gasteiger partial charge in [0.05, 0.1) is 24.2 Å². The number of ether oxygens (including phenoxy) is 1. The molecule has 1 aromatic heterocycles. The molecule has 11 rings (SSSR count). The second kappa shape index (κ2) is 17.0. The van der Waals surface area contributed by atoms with E-state index in [1.165, 1.54) is 76.7 Å². The molecule has 0 unspecified atom stereocenters. The second-order valence-corrected chi connectivity index (χ2v) is 17.0. The van der Waals surface area contributed by atoms with Gasteiger partial charge in [-0.05, 0) is 152 Å². The molecule has 312 valence electrons. The average molecular weight is 837 g/mol. The Bertz CT molecular complexity index is 3510. The summed E-state index contributed by atoms with van der Waals surface area (Å²) >= 11 is 0. The van der Waals surface area contributed by atoms with Gasteiger partial charge < -0.3 is 14.2 Å². The molecule has 0 N–H and O–H groups in total. The quantitative estimate of drug-likeness (QED) is 0.121. The first-order valence-electron chi connectivity index (χ1n) is 22.4. The van der Waals surface area contributed by atoms with E-state index < -0.39 is 0 Å². The molecule has 3 nitrogen and oxygen atoms in total. The second-order valence-electron chi connectivity index (χ2n) is 17.0. The fraction of sp³-hybridized carbons (Fsp3) is 0.0645. The number of hydrogen-bond acceptors (Lipinski definition) is 2. The molecule has 0 aliphatic heterocycles. The van der Waals surface area contributed by atoms with Crippen molar-refractivity contribution < 1.29 is 4.74 Å². The van der Waals surface area contributed by atoms with Gasteiger partial charge in [-0.1, -0.05) is 158 Å². The Morgan fingerprint density at radius 2 is 0.923 bits per heavy atom. The van der Waals surface area contributed by atoms with Gasteiger partial charge in [0, 0.05) is 33.5 Å². The van der Waals surface area contributed by atoms with Crippen LogP contribution in [0.15, 0.2) is 219 Å². The third-order valence-electron chi connectivity index (χ3n) is 13.2. The van der Waals surface area contributed by atoms with Crippen LogP contribution in [0.2, 0.25) is 0 Å². The van der Waals surface area contributed by atoms with Crippen LogP contribution in [-0.2, 0) is 18.0 Å². The van der Waals surface area contributed by atoms with Crippen molar-refractivity contribution in [3.63, 3.8) is 0 Å². The Labute approximate surface area is 380 Å². The van der Waals surface area contributed by atoms with Gasteiger partial charge in [-0.25, -0.2) is 0 Å². The molecule has 0 aliphatic carbocycles. The highest BCUT2D eigenvalue weighted by molar-refractivity contribution is 6.12. The Hall–Kier alpha value is -7.98. The van der Waals surface area contributed by atoms with Gasteiger partial charge in [0.15, 0.2) is 0 Å². The molecule has 0 saturated carbocycles. The van der Waals surface area contributed by atoms with E-state index in [0.29, 0.717) is 13.2 Å². The number of fused-ring (bicyclic) bond motifs is 6. The summed E-state index contributed by atoms with van der Waals surface area (Å²) in [6.07, 6.45) is 1.86. The molecule has 11 aromatic rings. The van der Waals surface area contributed by atoms with Crippen LogP contribution in [0.1, 0.15) is 27.8 Å². The topological polar surface area (TPSA) is 17.4 Å². The maximum absolute atomic E-state index is 6.09. The molecule has 0 aliphatic rings. The van der Waals surface area contributed by atoms with E-state index in [-0.39, 0.29) is 0 Å². The van der Waals surface area contributed by atoms with Gasteiger partial charge in [0.2, 0.25) is 0 Å². The van der Waals surface area contributed by atoms with Crippen LogP contribution in [-0.4, -0.2) is 4.57 Å². The van der Waals surface area contributed by atoms with Gasteiger partial charge >= 0.3 is 0 Å². The van der Waals surface area contributed by atoms with Gasteiger partial charge in [-0.3, -0.25) is 0 Å². The molecule has 10 aromatic carbocycles. The maximum Gasteiger partial charge on any atom is 0.0721 e. The Kier molecular flexibility index (Phi) is 10.4. The largest absolute Gasteiger partial charge is 0.372 e. The zero-order valence-electron chi connectivity index (χ0n) is 36.7. The fourth-order valence-electron chi connectivity index (χ4n) is 9.56. The van der Waals surface area contributed by atoms with E-state index in [1.54, 1.807) is 0 Å². The van der Waals surface area contributed by atoms with Crippen LogP contribution in [0.3, 0.4) is 0 Å². The minimum absolute atomic E-state index is 0.552. The van der Waals surface area contributed by atoms with Gasteiger partial charge in [0.25, 0.3) is 0 Å². The molecule has 3 heteroatoms. The normalized spacial score (nSPS) is 11.5. The molecule has 1 heterocycles. The van der Waals surface area contributed by atoms with E-state index in [1.807, 2.05) is 6.08 Å². The molecule has 65 heavy (non-hydrogen) atoms. The lowest BCUT2D eigenvalue weighted by molar-refractivity contribution is 0.107. The summed E-state index contributed by atoms with van der Waals surface area (Å²) in [5.41, 5.74) is 17.6. The van der Waals surface area contributed by atoms with Crippen molar-refractivity contribution in [2.75, 3.05) is 4.90 Å². The average Bonchev–Trinajstić information content (AvgIpc) is 3.70. The smallest absolute Gasteiger partial charge is 0.0721 e. The van der Waals surface area contributed by atoms with Crippen molar-refractivity contribution >= 4 is 66.5 Å². The monoisotopic (exact) mass is 836 g/mol. The number of aryl methyl sites for hydroxylation is 2.